The van der Waals surface area contributed by atoms with Crippen molar-refractivity contribution in [3.05, 3.63) is 35.5 Å². The summed E-state index contributed by atoms with van der Waals surface area (Å²) in [6.07, 6.45) is 3.58. The molecule has 6 rings (SSSR count). The van der Waals surface area contributed by atoms with Crippen LogP contribution in [-0.4, -0.2) is 59.2 Å². The number of carbonyl (C=O) groups excluding carboxylic acids is 1. The number of carbonyl (C=O) groups is 1. The third kappa shape index (κ3) is 1.72. The normalized spacial score (nSPS) is 52.1. The molecule has 0 aliphatic carbocycles. The van der Waals surface area contributed by atoms with Crippen LogP contribution in [0.2, 0.25) is 0 Å². The minimum Gasteiger partial charge on any atom is -0.492 e. The van der Waals surface area contributed by atoms with Crippen molar-refractivity contribution in [1.29, 1.82) is 0 Å². The highest BCUT2D eigenvalue weighted by atomic mass is 16.7. The van der Waals surface area contributed by atoms with E-state index in [0.717, 1.165) is 19.4 Å². The number of rotatable bonds is 4. The Morgan fingerprint density at radius 1 is 1.48 bits per heavy atom. The van der Waals surface area contributed by atoms with E-state index in [9.17, 15) is 9.90 Å². The largest absolute Gasteiger partial charge is 0.492 e. The van der Waals surface area contributed by atoms with E-state index in [1.54, 1.807) is 20.1 Å². The molecule has 6 aliphatic heterocycles. The molecular formula is C22H27NO6. The fourth-order valence-corrected chi connectivity index (χ4v) is 7.58. The van der Waals surface area contributed by atoms with Gasteiger partial charge in [0.15, 0.2) is 5.76 Å². The highest BCUT2D eigenvalue weighted by Crippen LogP contribution is 2.73. The van der Waals surface area contributed by atoms with Crippen molar-refractivity contribution in [2.75, 3.05) is 13.7 Å². The van der Waals surface area contributed by atoms with Gasteiger partial charge in [-0.25, -0.2) is 4.79 Å². The Kier molecular flexibility index (Phi) is 3.38. The number of fused-ring (bicyclic) bond motifs is 1. The molecule has 0 amide bonds. The van der Waals surface area contributed by atoms with Gasteiger partial charge in [-0.1, -0.05) is 13.0 Å². The molecule has 0 aromatic heterocycles. The van der Waals surface area contributed by atoms with Gasteiger partial charge in [0, 0.05) is 17.9 Å². The van der Waals surface area contributed by atoms with Crippen molar-refractivity contribution in [1.82, 2.24) is 4.90 Å². The molecular weight excluding hydrogens is 374 g/mol. The summed E-state index contributed by atoms with van der Waals surface area (Å²) in [5.41, 5.74) is 0.0491. The molecule has 0 radical (unpaired) electrons. The van der Waals surface area contributed by atoms with Crippen LogP contribution in [0.25, 0.3) is 0 Å². The van der Waals surface area contributed by atoms with Gasteiger partial charge in [-0.05, 0) is 32.7 Å². The predicted molar refractivity (Wildman–Crippen MR) is 101 cm³/mol. The van der Waals surface area contributed by atoms with Gasteiger partial charge in [0.2, 0.25) is 11.5 Å². The number of cyclic esters (lactones) is 1. The third-order valence-corrected chi connectivity index (χ3v) is 8.40. The van der Waals surface area contributed by atoms with Gasteiger partial charge in [-0.3, -0.25) is 4.90 Å². The van der Waals surface area contributed by atoms with Crippen LogP contribution in [0.5, 0.6) is 0 Å². The number of piperidine rings is 1. The molecule has 0 saturated carbocycles. The van der Waals surface area contributed by atoms with Crippen LogP contribution in [0.4, 0.5) is 0 Å². The molecule has 5 bridgehead atoms. The molecule has 1 N–H and O–H groups in total. The molecule has 7 nitrogen and oxygen atoms in total. The summed E-state index contributed by atoms with van der Waals surface area (Å²) in [6, 6.07) is 0.285. The summed E-state index contributed by atoms with van der Waals surface area (Å²) >= 11 is 0. The standard InChI is InChI=1S/C22H27NO6/c1-5-6-14(24)21-13-7-8-23(21)12-9-15(21)28-22(13)16(12)10(2)18(29-22)19-17(26-4)11(3)20(25)27-19/h5,10,12-16,24H,1,6-9H2,2-4H3/b19-18-/t10-,12?,13?,14+,15?,16?,21?,22-/m1/s1. The van der Waals surface area contributed by atoms with E-state index in [0.29, 0.717) is 29.3 Å². The number of esters is 1. The number of allylic oxidation sites excluding steroid dienone is 1. The van der Waals surface area contributed by atoms with E-state index in [1.165, 1.54) is 0 Å². The molecule has 6 unspecified atom stereocenters. The lowest BCUT2D eigenvalue weighted by atomic mass is 9.68. The fourth-order valence-electron chi connectivity index (χ4n) is 7.58. The third-order valence-electron chi connectivity index (χ3n) is 8.40. The number of ether oxygens (including phenoxy) is 4. The predicted octanol–water partition coefficient (Wildman–Crippen LogP) is 1.84. The summed E-state index contributed by atoms with van der Waals surface area (Å²) < 4.78 is 24.4. The van der Waals surface area contributed by atoms with Crippen LogP contribution in [0.15, 0.2) is 35.5 Å². The summed E-state index contributed by atoms with van der Waals surface area (Å²) in [4.78, 5) is 14.7. The van der Waals surface area contributed by atoms with E-state index in [2.05, 4.69) is 18.4 Å². The van der Waals surface area contributed by atoms with Gasteiger partial charge >= 0.3 is 5.97 Å². The maximum atomic E-state index is 12.2. The Hall–Kier alpha value is -1.83. The second kappa shape index (κ2) is 5.45. The highest BCUT2D eigenvalue weighted by molar-refractivity contribution is 5.93. The van der Waals surface area contributed by atoms with Gasteiger partial charge in [-0.2, -0.15) is 0 Å². The Bertz CT molecular complexity index is 894. The number of methoxy groups -OCH3 is 1. The van der Waals surface area contributed by atoms with Crippen molar-refractivity contribution in [3.8, 4) is 0 Å². The molecule has 9 atom stereocenters. The average Bonchev–Trinajstić information content (AvgIpc) is 3.40. The van der Waals surface area contributed by atoms with Crippen molar-refractivity contribution in [2.24, 2.45) is 17.8 Å². The van der Waals surface area contributed by atoms with Crippen LogP contribution in [0, 0.1) is 17.8 Å². The number of aliphatic hydroxyl groups excluding tert-OH is 1. The van der Waals surface area contributed by atoms with Crippen LogP contribution in [-0.2, 0) is 23.7 Å². The zero-order valence-electron chi connectivity index (χ0n) is 17.0. The van der Waals surface area contributed by atoms with Gasteiger partial charge < -0.3 is 24.1 Å². The molecule has 29 heavy (non-hydrogen) atoms. The number of nitrogens with zero attached hydrogens (tertiary/aromatic N) is 1. The lowest BCUT2D eigenvalue weighted by Gasteiger charge is -2.49. The number of hydrogen-bond donors (Lipinski definition) is 1. The Morgan fingerprint density at radius 2 is 2.28 bits per heavy atom. The molecule has 0 aromatic carbocycles. The van der Waals surface area contributed by atoms with Crippen LogP contribution in [0.1, 0.15) is 33.1 Å². The smallest absolute Gasteiger partial charge is 0.343 e. The maximum absolute atomic E-state index is 12.2. The first kappa shape index (κ1) is 18.0. The van der Waals surface area contributed by atoms with E-state index >= 15 is 0 Å². The number of aliphatic hydroxyl groups is 1. The van der Waals surface area contributed by atoms with Crippen LogP contribution >= 0.6 is 0 Å². The lowest BCUT2D eigenvalue weighted by Crippen LogP contribution is -2.65. The highest BCUT2D eigenvalue weighted by Gasteiger charge is 2.85. The molecule has 7 heteroatoms. The van der Waals surface area contributed by atoms with E-state index in [-0.39, 0.29) is 29.9 Å². The summed E-state index contributed by atoms with van der Waals surface area (Å²) in [6.45, 7) is 8.62. The molecule has 5 saturated heterocycles. The molecule has 6 heterocycles. The number of hydrogen-bond acceptors (Lipinski definition) is 7. The van der Waals surface area contributed by atoms with Gasteiger partial charge in [0.05, 0.1) is 36.3 Å². The summed E-state index contributed by atoms with van der Waals surface area (Å²) in [7, 11) is 1.54. The zero-order chi connectivity index (χ0) is 20.3. The Morgan fingerprint density at radius 3 is 3.00 bits per heavy atom. The second-order valence-corrected chi connectivity index (χ2v) is 9.25. The summed E-state index contributed by atoms with van der Waals surface area (Å²) in [5.74, 6) is 0.547. The van der Waals surface area contributed by atoms with Crippen LogP contribution < -0.4 is 0 Å². The molecule has 0 aromatic rings. The summed E-state index contributed by atoms with van der Waals surface area (Å²) in [5, 5.41) is 11.2. The first-order valence-corrected chi connectivity index (χ1v) is 10.6. The van der Waals surface area contributed by atoms with Crippen molar-refractivity contribution in [2.45, 2.75) is 62.7 Å². The SMILES string of the molecule is C=CC[C@H](O)C12C3CC4C5[C@@H](C)/C(=C6/OC(=O)C(C)=C6OC)O[C@]5(O3)C1CCN42. The topological polar surface area (TPSA) is 77.5 Å². The molecule has 1 spiro atoms. The fraction of sp³-hybridized carbons (Fsp3) is 0.682. The van der Waals surface area contributed by atoms with Gasteiger partial charge in [0.25, 0.3) is 0 Å². The Balaban J connectivity index is 1.48. The van der Waals surface area contributed by atoms with E-state index < -0.39 is 23.4 Å². The lowest BCUT2D eigenvalue weighted by molar-refractivity contribution is -0.256. The first-order valence-electron chi connectivity index (χ1n) is 10.6. The zero-order valence-corrected chi connectivity index (χ0v) is 17.0. The maximum Gasteiger partial charge on any atom is 0.343 e. The van der Waals surface area contributed by atoms with E-state index in [4.69, 9.17) is 18.9 Å². The van der Waals surface area contributed by atoms with Gasteiger partial charge in [0.1, 0.15) is 5.76 Å². The average molecular weight is 401 g/mol. The Labute approximate surface area is 169 Å². The van der Waals surface area contributed by atoms with Crippen molar-refractivity contribution < 1.29 is 28.8 Å². The minimum atomic E-state index is -0.772. The monoisotopic (exact) mass is 401 g/mol. The van der Waals surface area contributed by atoms with Crippen LogP contribution in [0.3, 0.4) is 0 Å². The molecule has 6 aliphatic rings. The van der Waals surface area contributed by atoms with E-state index in [1.807, 2.05) is 0 Å². The van der Waals surface area contributed by atoms with Crippen molar-refractivity contribution in [3.63, 3.8) is 0 Å². The first-order chi connectivity index (χ1) is 13.9. The van der Waals surface area contributed by atoms with Crippen molar-refractivity contribution >= 4 is 5.97 Å². The quantitative estimate of drug-likeness (QED) is 0.569. The van der Waals surface area contributed by atoms with Gasteiger partial charge in [-0.15, -0.1) is 6.58 Å². The molecule has 5 fully saturated rings. The molecule has 156 valence electrons. The minimum absolute atomic E-state index is 0.0237. The second-order valence-electron chi connectivity index (χ2n) is 9.25.